The molecule has 4 saturated carbocycles. The molecule has 3 aromatic heterocycles. The van der Waals surface area contributed by atoms with Gasteiger partial charge in [0, 0.05) is 16.8 Å². The molecule has 0 spiro atoms. The third kappa shape index (κ3) is 2.96. The lowest BCUT2D eigenvalue weighted by Crippen LogP contribution is -2.48. The number of rotatable bonds is 3. The number of aryl methyl sites for hydroxylation is 2. The largest absolute Gasteiger partial charge is 0.307 e. The number of aromatic nitrogens is 2. The Labute approximate surface area is 231 Å². The SMILES string of the molecule is Cc1ccc2c3ccc(CC(C)C)cc3n3c4cc(C56CC7CC(CC(C7)C5)C6)cc5cc[n+](C)c(c1c23)c54. The molecule has 6 aromatic rings. The van der Waals surface area contributed by atoms with Crippen LogP contribution in [0.3, 0.4) is 0 Å². The Bertz CT molecular complexity index is 1930. The molecule has 2 nitrogen and oxygen atoms in total. The maximum absolute atomic E-state index is 2.68. The van der Waals surface area contributed by atoms with Crippen molar-refractivity contribution < 1.29 is 4.57 Å². The lowest BCUT2D eigenvalue weighted by molar-refractivity contribution is -0.643. The van der Waals surface area contributed by atoms with Gasteiger partial charge in [-0.1, -0.05) is 38.1 Å². The Morgan fingerprint density at radius 3 is 2.28 bits per heavy atom. The van der Waals surface area contributed by atoms with Gasteiger partial charge < -0.3 is 4.40 Å². The minimum absolute atomic E-state index is 0.384. The summed E-state index contributed by atoms with van der Waals surface area (Å²) in [6, 6.07) is 19.7. The normalized spacial score (nSPS) is 26.5. The van der Waals surface area contributed by atoms with Gasteiger partial charge in [-0.25, -0.2) is 4.57 Å². The monoisotopic (exact) mass is 511 g/mol. The van der Waals surface area contributed by atoms with Gasteiger partial charge in [-0.2, -0.15) is 0 Å². The summed E-state index contributed by atoms with van der Waals surface area (Å²) in [5, 5.41) is 7.06. The van der Waals surface area contributed by atoms with E-state index in [-0.39, 0.29) is 0 Å². The van der Waals surface area contributed by atoms with E-state index in [0.29, 0.717) is 11.3 Å². The Kier molecular flexibility index (Phi) is 4.38. The van der Waals surface area contributed by atoms with E-state index < -0.39 is 0 Å². The highest BCUT2D eigenvalue weighted by molar-refractivity contribution is 6.25. The summed E-state index contributed by atoms with van der Waals surface area (Å²) in [6.45, 7) is 6.97. The van der Waals surface area contributed by atoms with Gasteiger partial charge in [0.25, 0.3) is 0 Å². The highest BCUT2D eigenvalue weighted by atomic mass is 15.0. The molecule has 0 aliphatic heterocycles. The molecule has 2 heteroatoms. The minimum Gasteiger partial charge on any atom is -0.307 e. The van der Waals surface area contributed by atoms with Crippen LogP contribution >= 0.6 is 0 Å². The Hall–Kier alpha value is -3.13. The molecule has 0 amide bonds. The van der Waals surface area contributed by atoms with Crippen molar-refractivity contribution in [3.05, 3.63) is 71.4 Å². The van der Waals surface area contributed by atoms with Gasteiger partial charge in [-0.15, -0.1) is 0 Å². The highest BCUT2D eigenvalue weighted by Crippen LogP contribution is 2.61. The van der Waals surface area contributed by atoms with E-state index in [0.717, 1.165) is 24.2 Å². The average Bonchev–Trinajstić information content (AvgIpc) is 3.22. The zero-order chi connectivity index (χ0) is 26.2. The molecule has 10 rings (SSSR count). The van der Waals surface area contributed by atoms with E-state index in [9.17, 15) is 0 Å². The Morgan fingerprint density at radius 1 is 0.846 bits per heavy atom. The second kappa shape index (κ2) is 7.53. The molecule has 0 N–H and O–H groups in total. The van der Waals surface area contributed by atoms with Crippen molar-refractivity contribution in [2.75, 3.05) is 0 Å². The maximum Gasteiger partial charge on any atom is 0.224 e. The molecule has 196 valence electrons. The summed E-state index contributed by atoms with van der Waals surface area (Å²) < 4.78 is 5.06. The Balaban J connectivity index is 1.46. The summed E-state index contributed by atoms with van der Waals surface area (Å²) in [4.78, 5) is 0. The molecule has 0 unspecified atom stereocenters. The fourth-order valence-corrected chi connectivity index (χ4v) is 10.1. The second-order valence-electron chi connectivity index (χ2n) is 14.4. The topological polar surface area (TPSA) is 8.29 Å². The zero-order valence-electron chi connectivity index (χ0n) is 23.8. The predicted molar refractivity (Wildman–Crippen MR) is 163 cm³/mol. The molecule has 3 heterocycles. The fourth-order valence-electron chi connectivity index (χ4n) is 10.1. The van der Waals surface area contributed by atoms with E-state index in [2.05, 4.69) is 91.5 Å². The van der Waals surface area contributed by atoms with Gasteiger partial charge in [0.05, 0.1) is 27.3 Å². The van der Waals surface area contributed by atoms with Gasteiger partial charge in [0.2, 0.25) is 5.52 Å². The van der Waals surface area contributed by atoms with Gasteiger partial charge >= 0.3 is 0 Å². The number of benzene rings is 3. The standard InChI is InChI=1S/C37H39N2/c1-21(2)11-23-6-8-29-30-7-5-22(3)33-35(30)39(31(29)15-23)32-17-28(16-27-9-10-38(4)36(33)34(27)32)37-18-24-12-25(19-37)14-26(13-24)20-37/h5-10,15-17,21,24-26H,11-14,18-20H2,1-4H3/q+1. The fraction of sp³-hybridized carbons (Fsp3) is 0.432. The quantitative estimate of drug-likeness (QED) is 0.127. The average molecular weight is 512 g/mol. The number of hydrogen-bond acceptors (Lipinski definition) is 0. The van der Waals surface area contributed by atoms with Crippen LogP contribution in [-0.2, 0) is 18.9 Å². The molecule has 4 bridgehead atoms. The van der Waals surface area contributed by atoms with Crippen molar-refractivity contribution in [1.82, 2.24) is 4.40 Å². The lowest BCUT2D eigenvalue weighted by Gasteiger charge is -2.57. The molecular formula is C37H39N2+. The van der Waals surface area contributed by atoms with Crippen LogP contribution in [0.1, 0.15) is 69.1 Å². The second-order valence-corrected chi connectivity index (χ2v) is 14.4. The van der Waals surface area contributed by atoms with Crippen LogP contribution in [0, 0.1) is 30.6 Å². The van der Waals surface area contributed by atoms with Crippen LogP contribution in [0.15, 0.2) is 54.7 Å². The van der Waals surface area contributed by atoms with Crippen LogP contribution in [0.4, 0.5) is 0 Å². The van der Waals surface area contributed by atoms with E-state index in [4.69, 9.17) is 0 Å². The minimum atomic E-state index is 0.384. The summed E-state index contributed by atoms with van der Waals surface area (Å²) in [5.41, 5.74) is 10.4. The van der Waals surface area contributed by atoms with E-state index >= 15 is 0 Å². The van der Waals surface area contributed by atoms with Crippen LogP contribution in [-0.4, -0.2) is 4.40 Å². The number of pyridine rings is 2. The van der Waals surface area contributed by atoms with E-state index in [1.165, 1.54) is 98.6 Å². The first-order chi connectivity index (χ1) is 18.9. The Morgan fingerprint density at radius 2 is 1.56 bits per heavy atom. The molecule has 0 radical (unpaired) electrons. The predicted octanol–water partition coefficient (Wildman–Crippen LogP) is 8.79. The van der Waals surface area contributed by atoms with Crippen molar-refractivity contribution in [1.29, 1.82) is 0 Å². The number of hydrogen-bond donors (Lipinski definition) is 0. The van der Waals surface area contributed by atoms with Gasteiger partial charge in [0.15, 0.2) is 6.20 Å². The van der Waals surface area contributed by atoms with Gasteiger partial charge in [-0.05, 0) is 121 Å². The first kappa shape index (κ1) is 22.7. The third-order valence-electron chi connectivity index (χ3n) is 11.2. The first-order valence-corrected chi connectivity index (χ1v) is 15.4. The maximum atomic E-state index is 2.68. The van der Waals surface area contributed by atoms with Crippen molar-refractivity contribution in [3.8, 4) is 0 Å². The molecule has 39 heavy (non-hydrogen) atoms. The van der Waals surface area contributed by atoms with Crippen molar-refractivity contribution in [2.45, 2.75) is 71.1 Å². The lowest BCUT2D eigenvalue weighted by atomic mass is 9.48. The molecule has 4 aliphatic rings. The molecule has 0 atom stereocenters. The molecular weight excluding hydrogens is 472 g/mol. The van der Waals surface area contributed by atoms with Crippen molar-refractivity contribution in [2.24, 2.45) is 30.7 Å². The molecule has 3 aromatic carbocycles. The van der Waals surface area contributed by atoms with Gasteiger partial charge in [0.1, 0.15) is 7.05 Å². The summed E-state index contributed by atoms with van der Waals surface area (Å²) in [6.07, 6.45) is 12.1. The zero-order valence-corrected chi connectivity index (χ0v) is 23.8. The summed E-state index contributed by atoms with van der Waals surface area (Å²) in [7, 11) is 2.24. The van der Waals surface area contributed by atoms with Crippen LogP contribution in [0.25, 0.3) is 49.0 Å². The third-order valence-corrected chi connectivity index (χ3v) is 11.2. The van der Waals surface area contributed by atoms with Crippen molar-refractivity contribution >= 4 is 49.0 Å². The van der Waals surface area contributed by atoms with Gasteiger partial charge in [-0.3, -0.25) is 0 Å². The summed E-state index contributed by atoms with van der Waals surface area (Å²) in [5.74, 6) is 3.51. The van der Waals surface area contributed by atoms with Crippen LogP contribution in [0.2, 0.25) is 0 Å². The molecule has 4 aliphatic carbocycles. The van der Waals surface area contributed by atoms with E-state index in [1.54, 1.807) is 5.56 Å². The summed E-state index contributed by atoms with van der Waals surface area (Å²) >= 11 is 0. The van der Waals surface area contributed by atoms with Crippen LogP contribution in [0.5, 0.6) is 0 Å². The van der Waals surface area contributed by atoms with Crippen molar-refractivity contribution in [3.63, 3.8) is 0 Å². The molecule has 0 saturated heterocycles. The number of nitrogens with zero attached hydrogens (tertiary/aromatic N) is 2. The smallest absolute Gasteiger partial charge is 0.224 e. The number of fused-ring (bicyclic) bond motifs is 5. The first-order valence-electron chi connectivity index (χ1n) is 15.4. The van der Waals surface area contributed by atoms with Crippen LogP contribution < -0.4 is 4.57 Å². The van der Waals surface area contributed by atoms with E-state index in [1.807, 2.05) is 0 Å². The highest BCUT2D eigenvalue weighted by Gasteiger charge is 2.51. The molecule has 4 fully saturated rings.